The van der Waals surface area contributed by atoms with Gasteiger partial charge in [0, 0.05) is 12.2 Å². The van der Waals surface area contributed by atoms with Crippen molar-refractivity contribution in [1.29, 1.82) is 0 Å². The largest absolute Gasteiger partial charge is 0.461 e. The minimum Gasteiger partial charge on any atom is -0.461 e. The zero-order chi connectivity index (χ0) is 20.1. The molecule has 2 aromatic rings. The maximum atomic E-state index is 13.1. The Hall–Kier alpha value is -2.30. The summed E-state index contributed by atoms with van der Waals surface area (Å²) in [6, 6.07) is 13.7. The molecule has 0 aliphatic carbocycles. The number of aliphatic hydroxyl groups is 3. The SMILES string of the molecule is OC[C@H]1O[C@H](Oc2ccc(F)cc2)[C@H](OC(=S)Oc2ccccc2)[C@@H](O)[C@@H]1O. The van der Waals surface area contributed by atoms with Gasteiger partial charge in [0.05, 0.1) is 6.61 Å². The lowest BCUT2D eigenvalue weighted by atomic mass is 9.99. The summed E-state index contributed by atoms with van der Waals surface area (Å²) in [6.45, 7) is -0.556. The predicted octanol–water partition coefficient (Wildman–Crippen LogP) is 1.39. The molecular formula is C19H19FO7S. The normalized spacial score (nSPS) is 27.1. The molecule has 1 saturated heterocycles. The van der Waals surface area contributed by atoms with E-state index in [9.17, 15) is 19.7 Å². The second-order valence-electron chi connectivity index (χ2n) is 6.03. The molecule has 0 spiro atoms. The Morgan fingerprint density at radius 2 is 1.68 bits per heavy atom. The van der Waals surface area contributed by atoms with Gasteiger partial charge in [-0.25, -0.2) is 4.39 Å². The van der Waals surface area contributed by atoms with E-state index in [-0.39, 0.29) is 11.0 Å². The highest BCUT2D eigenvalue weighted by atomic mass is 32.1. The Bertz CT molecular complexity index is 774. The van der Waals surface area contributed by atoms with E-state index in [1.165, 1.54) is 24.3 Å². The molecule has 1 fully saturated rings. The lowest BCUT2D eigenvalue weighted by Crippen LogP contribution is -2.61. The van der Waals surface area contributed by atoms with Crippen molar-refractivity contribution in [1.82, 2.24) is 0 Å². The van der Waals surface area contributed by atoms with Crippen LogP contribution in [0.4, 0.5) is 4.39 Å². The summed E-state index contributed by atoms with van der Waals surface area (Å²) in [7, 11) is 0. The van der Waals surface area contributed by atoms with Crippen molar-refractivity contribution in [3.63, 3.8) is 0 Å². The van der Waals surface area contributed by atoms with Crippen LogP contribution in [0.3, 0.4) is 0 Å². The molecule has 1 aliphatic heterocycles. The molecule has 2 aromatic carbocycles. The van der Waals surface area contributed by atoms with E-state index in [0.29, 0.717) is 5.75 Å². The average molecular weight is 410 g/mol. The Morgan fingerprint density at radius 1 is 1.00 bits per heavy atom. The maximum Gasteiger partial charge on any atom is 0.358 e. The molecule has 7 nitrogen and oxygen atoms in total. The van der Waals surface area contributed by atoms with Gasteiger partial charge in [0.1, 0.15) is 35.6 Å². The number of rotatable bonds is 5. The van der Waals surface area contributed by atoms with Crippen molar-refractivity contribution in [3.8, 4) is 11.5 Å². The molecule has 0 unspecified atom stereocenters. The van der Waals surface area contributed by atoms with Crippen LogP contribution in [0, 0.1) is 5.82 Å². The number of hydrogen-bond acceptors (Lipinski definition) is 8. The van der Waals surface area contributed by atoms with Gasteiger partial charge < -0.3 is 34.3 Å². The van der Waals surface area contributed by atoms with Crippen molar-refractivity contribution in [2.24, 2.45) is 0 Å². The highest BCUT2D eigenvalue weighted by Gasteiger charge is 2.47. The van der Waals surface area contributed by atoms with E-state index < -0.39 is 43.1 Å². The molecule has 1 aliphatic rings. The first kappa shape index (κ1) is 20.4. The minimum absolute atomic E-state index is 0.232. The second-order valence-corrected chi connectivity index (χ2v) is 6.36. The quantitative estimate of drug-likeness (QED) is 0.637. The van der Waals surface area contributed by atoms with Crippen molar-refractivity contribution in [3.05, 3.63) is 60.4 Å². The Labute approximate surface area is 165 Å². The van der Waals surface area contributed by atoms with E-state index in [2.05, 4.69) is 0 Å². The van der Waals surface area contributed by atoms with Crippen LogP contribution in [-0.4, -0.2) is 57.9 Å². The van der Waals surface area contributed by atoms with Gasteiger partial charge in [0.25, 0.3) is 0 Å². The van der Waals surface area contributed by atoms with E-state index in [4.69, 9.17) is 31.2 Å². The van der Waals surface area contributed by atoms with Crippen LogP contribution in [0.5, 0.6) is 11.5 Å². The summed E-state index contributed by atoms with van der Waals surface area (Å²) in [5, 5.41) is 29.6. The van der Waals surface area contributed by atoms with Gasteiger partial charge in [0.2, 0.25) is 6.29 Å². The lowest BCUT2D eigenvalue weighted by Gasteiger charge is -2.41. The Balaban J connectivity index is 1.75. The number of benzene rings is 2. The summed E-state index contributed by atoms with van der Waals surface area (Å²) in [6.07, 6.45) is -6.56. The third-order valence-corrected chi connectivity index (χ3v) is 4.25. The molecule has 0 saturated carbocycles. The van der Waals surface area contributed by atoms with E-state index in [1.54, 1.807) is 30.3 Å². The van der Waals surface area contributed by atoms with Crippen LogP contribution in [0.25, 0.3) is 0 Å². The zero-order valence-corrected chi connectivity index (χ0v) is 15.4. The van der Waals surface area contributed by atoms with Gasteiger partial charge in [-0.1, -0.05) is 18.2 Å². The third-order valence-electron chi connectivity index (χ3n) is 4.07. The van der Waals surface area contributed by atoms with Crippen LogP contribution in [0.1, 0.15) is 0 Å². The molecule has 5 atom stereocenters. The molecule has 0 radical (unpaired) electrons. The zero-order valence-electron chi connectivity index (χ0n) is 14.6. The van der Waals surface area contributed by atoms with Gasteiger partial charge in [-0.05, 0) is 36.4 Å². The van der Waals surface area contributed by atoms with Crippen molar-refractivity contribution < 1.29 is 38.7 Å². The van der Waals surface area contributed by atoms with E-state index in [0.717, 1.165) is 0 Å². The number of hydrogen-bond donors (Lipinski definition) is 3. The van der Waals surface area contributed by atoms with Gasteiger partial charge in [0.15, 0.2) is 6.10 Å². The van der Waals surface area contributed by atoms with Crippen molar-refractivity contribution in [2.45, 2.75) is 30.7 Å². The van der Waals surface area contributed by atoms with E-state index >= 15 is 0 Å². The first-order valence-electron chi connectivity index (χ1n) is 8.46. The fourth-order valence-corrected chi connectivity index (χ4v) is 2.85. The fraction of sp³-hybridized carbons (Fsp3) is 0.316. The molecule has 3 rings (SSSR count). The fourth-order valence-electron chi connectivity index (χ4n) is 2.64. The van der Waals surface area contributed by atoms with Crippen LogP contribution >= 0.6 is 12.2 Å². The van der Waals surface area contributed by atoms with Crippen LogP contribution in [-0.2, 0) is 9.47 Å². The number of aliphatic hydroxyl groups excluding tert-OH is 3. The summed E-state index contributed by atoms with van der Waals surface area (Å²) in [5.41, 5.74) is 0. The van der Waals surface area contributed by atoms with Crippen molar-refractivity contribution in [2.75, 3.05) is 6.61 Å². The average Bonchev–Trinajstić information content (AvgIpc) is 2.70. The molecule has 9 heteroatoms. The van der Waals surface area contributed by atoms with E-state index in [1.807, 2.05) is 0 Å². The molecule has 1 heterocycles. The Kier molecular flexibility index (Phi) is 6.76. The number of thiocarbonyl (C=S) groups is 1. The first-order valence-corrected chi connectivity index (χ1v) is 8.87. The maximum absolute atomic E-state index is 13.1. The molecule has 0 bridgehead atoms. The summed E-state index contributed by atoms with van der Waals surface area (Å²) in [5.74, 6) is 0.199. The Morgan fingerprint density at radius 3 is 2.32 bits per heavy atom. The monoisotopic (exact) mass is 410 g/mol. The van der Waals surface area contributed by atoms with Gasteiger partial charge in [-0.3, -0.25) is 0 Å². The van der Waals surface area contributed by atoms with Gasteiger partial charge in [-0.15, -0.1) is 0 Å². The molecule has 3 N–H and O–H groups in total. The topological polar surface area (TPSA) is 97.6 Å². The predicted molar refractivity (Wildman–Crippen MR) is 99.3 cm³/mol. The van der Waals surface area contributed by atoms with Crippen molar-refractivity contribution >= 4 is 17.5 Å². The van der Waals surface area contributed by atoms with Crippen LogP contribution in [0.2, 0.25) is 0 Å². The van der Waals surface area contributed by atoms with Crippen LogP contribution in [0.15, 0.2) is 54.6 Å². The second kappa shape index (κ2) is 9.26. The summed E-state index contributed by atoms with van der Waals surface area (Å²) in [4.78, 5) is 0. The molecule has 150 valence electrons. The van der Waals surface area contributed by atoms with Gasteiger partial charge in [-0.2, -0.15) is 0 Å². The number of para-hydroxylation sites is 1. The minimum atomic E-state index is -1.49. The van der Waals surface area contributed by atoms with Gasteiger partial charge >= 0.3 is 5.24 Å². The molecule has 0 aromatic heterocycles. The lowest BCUT2D eigenvalue weighted by molar-refractivity contribution is -0.275. The number of halogens is 1. The highest BCUT2D eigenvalue weighted by molar-refractivity contribution is 7.79. The first-order chi connectivity index (χ1) is 13.5. The smallest absolute Gasteiger partial charge is 0.358 e. The van der Waals surface area contributed by atoms with Crippen LogP contribution < -0.4 is 9.47 Å². The highest BCUT2D eigenvalue weighted by Crippen LogP contribution is 2.27. The molecular weight excluding hydrogens is 391 g/mol. The molecule has 0 amide bonds. The number of ether oxygens (including phenoxy) is 4. The summed E-state index contributed by atoms with van der Waals surface area (Å²) < 4.78 is 35.1. The third kappa shape index (κ3) is 4.94. The standard InChI is InChI=1S/C19H19FO7S/c20-11-6-8-13(9-7-11)24-18-17(16(23)15(22)14(10-21)26-18)27-19(28)25-12-4-2-1-3-5-12/h1-9,14-18,21-23H,10H2/t14-,15-,16+,17-,18+/m1/s1. The summed E-state index contributed by atoms with van der Waals surface area (Å²) >= 11 is 5.05. The molecule has 28 heavy (non-hydrogen) atoms.